The van der Waals surface area contributed by atoms with Crippen LogP contribution in [-0.4, -0.2) is 40.2 Å². The number of anilines is 3. The van der Waals surface area contributed by atoms with E-state index in [1.54, 1.807) is 13.2 Å². The molecule has 2 bridgehead atoms. The Kier molecular flexibility index (Phi) is 5.78. The van der Waals surface area contributed by atoms with Crippen LogP contribution in [-0.2, 0) is 17.6 Å². The number of allylic oxidation sites excluding steroid dienone is 1. The van der Waals surface area contributed by atoms with Crippen molar-refractivity contribution in [3.63, 3.8) is 0 Å². The summed E-state index contributed by atoms with van der Waals surface area (Å²) in [4.78, 5) is 21.4. The van der Waals surface area contributed by atoms with Crippen LogP contribution in [0.25, 0.3) is 0 Å². The van der Waals surface area contributed by atoms with E-state index in [1.807, 2.05) is 6.07 Å². The highest BCUT2D eigenvalue weighted by Crippen LogP contribution is 2.45. The summed E-state index contributed by atoms with van der Waals surface area (Å²) < 4.78 is 0. The quantitative estimate of drug-likeness (QED) is 0.408. The predicted octanol–water partition coefficient (Wildman–Crippen LogP) is 3.46. The molecule has 0 aliphatic heterocycles. The number of aromatic nitrogens is 2. The minimum atomic E-state index is -0.230. The minimum Gasteiger partial charge on any atom is -0.393 e. The zero-order valence-corrected chi connectivity index (χ0v) is 18.8. The molecule has 1 heterocycles. The molecule has 0 saturated heterocycles. The van der Waals surface area contributed by atoms with Gasteiger partial charge in [0.2, 0.25) is 11.9 Å². The summed E-state index contributed by atoms with van der Waals surface area (Å²) in [5.74, 6) is 1.40. The molecule has 3 aliphatic carbocycles. The van der Waals surface area contributed by atoms with Crippen molar-refractivity contribution < 1.29 is 9.90 Å². The number of fused-ring (bicyclic) bond motifs is 3. The van der Waals surface area contributed by atoms with Crippen LogP contribution >= 0.6 is 11.6 Å². The van der Waals surface area contributed by atoms with Gasteiger partial charge in [0.25, 0.3) is 0 Å². The van der Waals surface area contributed by atoms with Crippen molar-refractivity contribution in [3.8, 4) is 0 Å². The van der Waals surface area contributed by atoms with Gasteiger partial charge in [-0.25, -0.2) is 4.98 Å². The van der Waals surface area contributed by atoms with Gasteiger partial charge in [-0.1, -0.05) is 29.8 Å². The second-order valence-electron chi connectivity index (χ2n) is 8.99. The molecule has 1 aromatic carbocycles. The fourth-order valence-corrected chi connectivity index (χ4v) is 5.47. The van der Waals surface area contributed by atoms with Crippen molar-refractivity contribution in [2.75, 3.05) is 17.7 Å². The highest BCUT2D eigenvalue weighted by Gasteiger charge is 2.48. The topological polar surface area (TPSA) is 99.2 Å². The highest BCUT2D eigenvalue weighted by molar-refractivity contribution is 6.32. The third-order valence-corrected chi connectivity index (χ3v) is 7.29. The van der Waals surface area contributed by atoms with E-state index in [4.69, 9.17) is 11.6 Å². The van der Waals surface area contributed by atoms with Crippen molar-refractivity contribution in [1.82, 2.24) is 15.3 Å². The average molecular weight is 454 g/mol. The lowest BCUT2D eigenvalue weighted by Crippen LogP contribution is -2.42. The summed E-state index contributed by atoms with van der Waals surface area (Å²) in [6.07, 6.45) is 10.00. The van der Waals surface area contributed by atoms with Gasteiger partial charge in [-0.2, -0.15) is 4.98 Å². The van der Waals surface area contributed by atoms with Gasteiger partial charge in [0.15, 0.2) is 5.82 Å². The van der Waals surface area contributed by atoms with Crippen molar-refractivity contribution >= 4 is 35.0 Å². The normalized spacial score (nSPS) is 28.2. The number of rotatable bonds is 5. The summed E-state index contributed by atoms with van der Waals surface area (Å²) in [5, 5.41) is 19.9. The fraction of sp³-hybridized carbons (Fsp3) is 0.458. The molecule has 5 rings (SSSR count). The van der Waals surface area contributed by atoms with Gasteiger partial charge in [-0.05, 0) is 67.2 Å². The molecule has 4 N–H and O–H groups in total. The lowest BCUT2D eigenvalue weighted by molar-refractivity contribution is -0.125. The van der Waals surface area contributed by atoms with Gasteiger partial charge in [0.1, 0.15) is 5.02 Å². The predicted molar refractivity (Wildman–Crippen MR) is 125 cm³/mol. The summed E-state index contributed by atoms with van der Waals surface area (Å²) in [6.45, 7) is 0. The molecule has 8 heteroatoms. The number of carbonyl (C=O) groups excluding carboxylic acids is 1. The Balaban J connectivity index is 1.35. The Bertz CT molecular complexity index is 1060. The number of halogens is 1. The smallest absolute Gasteiger partial charge is 0.229 e. The molecule has 5 unspecified atom stereocenters. The van der Waals surface area contributed by atoms with E-state index in [-0.39, 0.29) is 35.8 Å². The number of nitrogens with one attached hydrogen (secondary N) is 3. The van der Waals surface area contributed by atoms with Crippen LogP contribution in [0.2, 0.25) is 5.02 Å². The van der Waals surface area contributed by atoms with Crippen LogP contribution in [0.1, 0.15) is 30.4 Å². The van der Waals surface area contributed by atoms with E-state index < -0.39 is 0 Å². The number of aryl methyl sites for hydroxylation is 2. The second-order valence-corrected chi connectivity index (χ2v) is 9.40. The first-order chi connectivity index (χ1) is 15.5. The third kappa shape index (κ3) is 4.07. The highest BCUT2D eigenvalue weighted by atomic mass is 35.5. The van der Waals surface area contributed by atoms with E-state index in [0.29, 0.717) is 16.8 Å². The summed E-state index contributed by atoms with van der Waals surface area (Å²) in [5.41, 5.74) is 3.44. The third-order valence-electron chi connectivity index (χ3n) is 7.01. The number of amides is 1. The van der Waals surface area contributed by atoms with Gasteiger partial charge < -0.3 is 21.1 Å². The van der Waals surface area contributed by atoms with E-state index in [0.717, 1.165) is 37.8 Å². The number of carbonyl (C=O) groups is 1. The molecule has 168 valence electrons. The first-order valence-corrected chi connectivity index (χ1v) is 11.7. The number of aliphatic hydroxyl groups excluding tert-OH is 1. The summed E-state index contributed by atoms with van der Waals surface area (Å²) in [6, 6.07) is 6.19. The lowest BCUT2D eigenvalue weighted by atomic mass is 9.88. The second kappa shape index (κ2) is 8.71. The fourth-order valence-electron chi connectivity index (χ4n) is 5.33. The lowest BCUT2D eigenvalue weighted by Gasteiger charge is -2.28. The molecule has 1 aromatic heterocycles. The zero-order valence-electron chi connectivity index (χ0n) is 18.0. The monoisotopic (exact) mass is 453 g/mol. The van der Waals surface area contributed by atoms with Crippen LogP contribution in [0.4, 0.5) is 17.5 Å². The Morgan fingerprint density at radius 1 is 1.16 bits per heavy atom. The number of hydrogen-bond acceptors (Lipinski definition) is 6. The van der Waals surface area contributed by atoms with Crippen LogP contribution in [0.3, 0.4) is 0 Å². The molecule has 0 radical (unpaired) electrons. The number of benzene rings is 1. The first kappa shape index (κ1) is 21.2. The number of aliphatic hydroxyl groups is 1. The molecule has 0 spiro atoms. The largest absolute Gasteiger partial charge is 0.393 e. The molecule has 1 amide bonds. The number of nitrogens with zero attached hydrogens (tertiary/aromatic N) is 2. The molecule has 32 heavy (non-hydrogen) atoms. The van der Waals surface area contributed by atoms with E-state index >= 15 is 0 Å². The van der Waals surface area contributed by atoms with Gasteiger partial charge in [-0.3, -0.25) is 4.79 Å². The molecular formula is C24H28ClN5O2. The van der Waals surface area contributed by atoms with Crippen LogP contribution in [0.15, 0.2) is 36.5 Å². The van der Waals surface area contributed by atoms with Crippen molar-refractivity contribution in [2.24, 2.45) is 17.8 Å². The Morgan fingerprint density at radius 2 is 1.94 bits per heavy atom. The Morgan fingerprint density at radius 3 is 2.75 bits per heavy atom. The Labute approximate surface area is 192 Å². The first-order valence-electron chi connectivity index (χ1n) is 11.3. The Hall–Kier alpha value is -2.64. The molecule has 5 atom stereocenters. The summed E-state index contributed by atoms with van der Waals surface area (Å²) >= 11 is 6.41. The average Bonchev–Trinajstić information content (AvgIpc) is 3.35. The van der Waals surface area contributed by atoms with Crippen LogP contribution < -0.4 is 16.0 Å². The van der Waals surface area contributed by atoms with E-state index in [2.05, 4.69) is 50.2 Å². The molecule has 2 aromatic rings. The van der Waals surface area contributed by atoms with Gasteiger partial charge in [0.05, 0.1) is 18.2 Å². The molecule has 3 aliphatic rings. The molecule has 7 nitrogen and oxygen atoms in total. The van der Waals surface area contributed by atoms with Gasteiger partial charge in [-0.15, -0.1) is 0 Å². The van der Waals surface area contributed by atoms with Crippen LogP contribution in [0, 0.1) is 17.8 Å². The van der Waals surface area contributed by atoms with Gasteiger partial charge in [0, 0.05) is 18.8 Å². The van der Waals surface area contributed by atoms with Crippen molar-refractivity contribution in [3.05, 3.63) is 52.7 Å². The maximum Gasteiger partial charge on any atom is 0.229 e. The minimum absolute atomic E-state index is 0.0398. The number of hydrogen-bond donors (Lipinski definition) is 4. The summed E-state index contributed by atoms with van der Waals surface area (Å²) in [7, 11) is 1.68. The van der Waals surface area contributed by atoms with Crippen molar-refractivity contribution in [1.29, 1.82) is 0 Å². The van der Waals surface area contributed by atoms with Crippen molar-refractivity contribution in [2.45, 2.75) is 44.2 Å². The molecule has 1 saturated carbocycles. The molecule has 1 fully saturated rings. The maximum absolute atomic E-state index is 12.5. The van der Waals surface area contributed by atoms with E-state index in [1.165, 1.54) is 11.1 Å². The standard InChI is InChI=1S/C24H28ClN5O2/c1-26-23(32)20-15-2-3-16(10-15)21(20)29-22-19(25)12-27-24(30-22)28-17-7-4-13-5-8-18(31)9-6-14(13)11-17/h2-4,7,11-12,15-16,18,20-21,31H,5-6,8-10H2,1H3,(H,26,32)(H2,27,28,29,30). The SMILES string of the molecule is CNC(=O)C1C2C=CC(C2)C1Nc1nc(Nc2ccc3c(c2)CCC(O)CC3)ncc1Cl. The van der Waals surface area contributed by atoms with Crippen LogP contribution in [0.5, 0.6) is 0 Å². The molecular weight excluding hydrogens is 426 g/mol. The van der Waals surface area contributed by atoms with E-state index in [9.17, 15) is 9.90 Å². The van der Waals surface area contributed by atoms with Gasteiger partial charge >= 0.3 is 0 Å². The maximum atomic E-state index is 12.5. The zero-order chi connectivity index (χ0) is 22.2.